The molecule has 0 unspecified atom stereocenters. The van der Waals surface area contributed by atoms with E-state index in [-0.39, 0.29) is 19.1 Å². The second kappa shape index (κ2) is 5.52. The molecule has 1 aromatic rings. The standard InChI is InChI=1S/C11H15N3O4/c15-10(16)8-2-1-4-14(7-8)11(17)12-6-9-3-5-18-13-9/h3,5,8H,1-2,4,6-7H2,(H,12,17)(H,15,16)/t8-/m0/s1. The van der Waals surface area contributed by atoms with Crippen LogP contribution < -0.4 is 5.32 Å². The molecule has 2 amide bonds. The van der Waals surface area contributed by atoms with E-state index in [0.717, 1.165) is 0 Å². The molecule has 18 heavy (non-hydrogen) atoms. The Morgan fingerprint density at radius 2 is 2.44 bits per heavy atom. The molecule has 2 rings (SSSR count). The molecule has 0 spiro atoms. The molecule has 1 fully saturated rings. The number of nitrogens with one attached hydrogen (secondary N) is 1. The number of hydrogen-bond donors (Lipinski definition) is 2. The summed E-state index contributed by atoms with van der Waals surface area (Å²) in [7, 11) is 0. The van der Waals surface area contributed by atoms with Gasteiger partial charge >= 0.3 is 12.0 Å². The first-order valence-corrected chi connectivity index (χ1v) is 5.81. The van der Waals surface area contributed by atoms with Crippen molar-refractivity contribution >= 4 is 12.0 Å². The first-order chi connectivity index (χ1) is 8.66. The summed E-state index contributed by atoms with van der Waals surface area (Å²) >= 11 is 0. The largest absolute Gasteiger partial charge is 0.481 e. The molecule has 1 saturated heterocycles. The van der Waals surface area contributed by atoms with Gasteiger partial charge in [0.25, 0.3) is 0 Å². The molecule has 7 heteroatoms. The van der Waals surface area contributed by atoms with Crippen molar-refractivity contribution in [2.24, 2.45) is 5.92 Å². The van der Waals surface area contributed by atoms with Gasteiger partial charge in [-0.2, -0.15) is 0 Å². The molecule has 0 bridgehead atoms. The highest BCUT2D eigenvalue weighted by Gasteiger charge is 2.27. The van der Waals surface area contributed by atoms with Gasteiger partial charge in [0.2, 0.25) is 0 Å². The van der Waals surface area contributed by atoms with Gasteiger partial charge in [-0.1, -0.05) is 5.16 Å². The molecule has 0 aliphatic carbocycles. The number of aliphatic carboxylic acids is 1. The third-order valence-electron chi connectivity index (χ3n) is 2.97. The van der Waals surface area contributed by atoms with E-state index in [0.29, 0.717) is 25.1 Å². The summed E-state index contributed by atoms with van der Waals surface area (Å²) in [6.07, 6.45) is 2.78. The Morgan fingerprint density at radius 1 is 1.61 bits per heavy atom. The van der Waals surface area contributed by atoms with Gasteiger partial charge < -0.3 is 19.8 Å². The van der Waals surface area contributed by atoms with E-state index in [4.69, 9.17) is 5.11 Å². The minimum absolute atomic E-state index is 0.260. The predicted molar refractivity (Wildman–Crippen MR) is 60.7 cm³/mol. The van der Waals surface area contributed by atoms with E-state index in [1.165, 1.54) is 11.2 Å². The van der Waals surface area contributed by atoms with Gasteiger partial charge in [-0.3, -0.25) is 4.79 Å². The normalized spacial score (nSPS) is 19.6. The van der Waals surface area contributed by atoms with Gasteiger partial charge in [0, 0.05) is 19.2 Å². The Morgan fingerprint density at radius 3 is 3.11 bits per heavy atom. The maximum absolute atomic E-state index is 11.8. The second-order valence-electron chi connectivity index (χ2n) is 4.27. The summed E-state index contributed by atoms with van der Waals surface area (Å²) in [5, 5.41) is 15.3. The summed E-state index contributed by atoms with van der Waals surface area (Å²) in [4.78, 5) is 24.2. The molecule has 7 nitrogen and oxygen atoms in total. The van der Waals surface area contributed by atoms with Crippen molar-refractivity contribution in [3.63, 3.8) is 0 Å². The number of carboxylic acid groups (broad SMARTS) is 1. The first kappa shape index (κ1) is 12.4. The van der Waals surface area contributed by atoms with Gasteiger partial charge in [0.15, 0.2) is 0 Å². The summed E-state index contributed by atoms with van der Waals surface area (Å²) in [5.74, 6) is -1.31. The average Bonchev–Trinajstić information content (AvgIpc) is 2.89. The third kappa shape index (κ3) is 2.99. The van der Waals surface area contributed by atoms with Crippen LogP contribution >= 0.6 is 0 Å². The number of nitrogens with zero attached hydrogens (tertiary/aromatic N) is 2. The molecule has 1 atom stereocenters. The number of likely N-dealkylation sites (tertiary alicyclic amines) is 1. The van der Waals surface area contributed by atoms with Crippen LogP contribution in [0.25, 0.3) is 0 Å². The van der Waals surface area contributed by atoms with Gasteiger partial charge in [0.1, 0.15) is 12.0 Å². The Hall–Kier alpha value is -2.05. The zero-order chi connectivity index (χ0) is 13.0. The Bertz CT molecular complexity index is 418. The second-order valence-corrected chi connectivity index (χ2v) is 4.27. The summed E-state index contributed by atoms with van der Waals surface area (Å²) < 4.78 is 4.65. The number of urea groups is 1. The Balaban J connectivity index is 1.83. The molecule has 0 radical (unpaired) electrons. The van der Waals surface area contributed by atoms with Crippen molar-refractivity contribution in [3.05, 3.63) is 18.0 Å². The third-order valence-corrected chi connectivity index (χ3v) is 2.97. The van der Waals surface area contributed by atoms with E-state index >= 15 is 0 Å². The fourth-order valence-corrected chi connectivity index (χ4v) is 1.97. The lowest BCUT2D eigenvalue weighted by Gasteiger charge is -2.30. The molecule has 98 valence electrons. The summed E-state index contributed by atoms with van der Waals surface area (Å²) in [5.41, 5.74) is 0.634. The average molecular weight is 253 g/mol. The molecular weight excluding hydrogens is 238 g/mol. The number of aromatic nitrogens is 1. The van der Waals surface area contributed by atoms with Crippen LogP contribution in [-0.4, -0.2) is 40.3 Å². The fraction of sp³-hybridized carbons (Fsp3) is 0.545. The van der Waals surface area contributed by atoms with Crippen LogP contribution in [0.1, 0.15) is 18.5 Å². The lowest BCUT2D eigenvalue weighted by Crippen LogP contribution is -2.46. The number of carbonyl (C=O) groups excluding carboxylic acids is 1. The Labute approximate surface area is 104 Å². The van der Waals surface area contributed by atoms with E-state index in [1.54, 1.807) is 6.07 Å². The smallest absolute Gasteiger partial charge is 0.317 e. The zero-order valence-electron chi connectivity index (χ0n) is 9.83. The van der Waals surface area contributed by atoms with Gasteiger partial charge in [0.05, 0.1) is 12.5 Å². The van der Waals surface area contributed by atoms with Crippen molar-refractivity contribution in [1.29, 1.82) is 0 Å². The number of piperidine rings is 1. The highest BCUT2D eigenvalue weighted by atomic mass is 16.5. The van der Waals surface area contributed by atoms with Crippen molar-refractivity contribution in [2.75, 3.05) is 13.1 Å². The molecule has 1 aliphatic rings. The van der Waals surface area contributed by atoms with Crippen LogP contribution in [0, 0.1) is 5.92 Å². The number of rotatable bonds is 3. The van der Waals surface area contributed by atoms with Crippen molar-refractivity contribution < 1.29 is 19.2 Å². The fourth-order valence-electron chi connectivity index (χ4n) is 1.97. The molecule has 0 aromatic carbocycles. The maximum atomic E-state index is 11.8. The zero-order valence-corrected chi connectivity index (χ0v) is 9.83. The van der Waals surface area contributed by atoms with Gasteiger partial charge in [-0.15, -0.1) is 0 Å². The highest BCUT2D eigenvalue weighted by Crippen LogP contribution is 2.16. The van der Waals surface area contributed by atoms with E-state index in [1.807, 2.05) is 0 Å². The number of amides is 2. The molecule has 0 saturated carbocycles. The quantitative estimate of drug-likeness (QED) is 0.825. The molecule has 1 aliphatic heterocycles. The van der Waals surface area contributed by atoms with Crippen molar-refractivity contribution in [2.45, 2.75) is 19.4 Å². The van der Waals surface area contributed by atoms with Crippen LogP contribution in [0.15, 0.2) is 16.9 Å². The van der Waals surface area contributed by atoms with Crippen LogP contribution in [0.4, 0.5) is 4.79 Å². The number of carbonyl (C=O) groups is 2. The van der Waals surface area contributed by atoms with Crippen molar-refractivity contribution in [1.82, 2.24) is 15.4 Å². The molecule has 2 N–H and O–H groups in total. The first-order valence-electron chi connectivity index (χ1n) is 5.81. The van der Waals surface area contributed by atoms with E-state index < -0.39 is 11.9 Å². The van der Waals surface area contributed by atoms with Crippen LogP contribution in [0.3, 0.4) is 0 Å². The van der Waals surface area contributed by atoms with E-state index in [2.05, 4.69) is 15.0 Å². The molecule has 2 heterocycles. The van der Waals surface area contributed by atoms with Gasteiger partial charge in [-0.05, 0) is 12.8 Å². The minimum Gasteiger partial charge on any atom is -0.481 e. The van der Waals surface area contributed by atoms with E-state index in [9.17, 15) is 9.59 Å². The topological polar surface area (TPSA) is 95.7 Å². The van der Waals surface area contributed by atoms with Gasteiger partial charge in [-0.25, -0.2) is 4.79 Å². The lowest BCUT2D eigenvalue weighted by atomic mass is 9.99. The number of carboxylic acids is 1. The summed E-state index contributed by atoms with van der Waals surface area (Å²) in [6, 6.07) is 1.40. The number of hydrogen-bond acceptors (Lipinski definition) is 4. The predicted octanol–water partition coefficient (Wildman–Crippen LogP) is 0.681. The monoisotopic (exact) mass is 253 g/mol. The molecular formula is C11H15N3O4. The van der Waals surface area contributed by atoms with Crippen LogP contribution in [0.2, 0.25) is 0 Å². The SMILES string of the molecule is O=C(O)[C@H]1CCCN(C(=O)NCc2ccon2)C1. The van der Waals surface area contributed by atoms with Crippen molar-refractivity contribution in [3.8, 4) is 0 Å². The minimum atomic E-state index is -0.844. The van der Waals surface area contributed by atoms with Crippen LogP contribution in [0.5, 0.6) is 0 Å². The van der Waals surface area contributed by atoms with Crippen LogP contribution in [-0.2, 0) is 11.3 Å². The maximum Gasteiger partial charge on any atom is 0.317 e. The summed E-state index contributed by atoms with van der Waals surface area (Å²) in [6.45, 7) is 1.14. The highest BCUT2D eigenvalue weighted by molar-refractivity contribution is 5.76. The Kier molecular flexibility index (Phi) is 3.81. The molecule has 1 aromatic heterocycles. The lowest BCUT2D eigenvalue weighted by molar-refractivity contribution is -0.143.